The van der Waals surface area contributed by atoms with Gasteiger partial charge in [-0.05, 0) is 30.7 Å². The van der Waals surface area contributed by atoms with Crippen LogP contribution < -0.4 is 5.32 Å². The number of anilines is 1. The second-order valence-corrected chi connectivity index (χ2v) is 7.43. The van der Waals surface area contributed by atoms with Gasteiger partial charge in [0.15, 0.2) is 0 Å². The number of fused-ring (bicyclic) bond motifs is 1. The van der Waals surface area contributed by atoms with Crippen LogP contribution in [-0.4, -0.2) is 23.3 Å². The molecular formula is C24H19F3N2O2. The normalized spacial score (nSPS) is 16.3. The molecule has 7 heteroatoms. The minimum Gasteiger partial charge on any atom is -0.324 e. The van der Waals surface area contributed by atoms with Crippen LogP contribution in [0.1, 0.15) is 38.7 Å². The lowest BCUT2D eigenvalue weighted by Gasteiger charge is -2.31. The van der Waals surface area contributed by atoms with Gasteiger partial charge in [-0.25, -0.2) is 0 Å². The van der Waals surface area contributed by atoms with Crippen molar-refractivity contribution in [3.63, 3.8) is 0 Å². The molecule has 1 N–H and O–H groups in total. The molecule has 0 aliphatic carbocycles. The average Bonchev–Trinajstić information content (AvgIpc) is 2.89. The molecule has 0 radical (unpaired) electrons. The van der Waals surface area contributed by atoms with Crippen molar-refractivity contribution in [1.29, 1.82) is 0 Å². The Balaban J connectivity index is 1.91. The van der Waals surface area contributed by atoms with Crippen molar-refractivity contribution in [3.8, 4) is 0 Å². The summed E-state index contributed by atoms with van der Waals surface area (Å²) in [4.78, 5) is 27.3. The van der Waals surface area contributed by atoms with Crippen LogP contribution in [0.3, 0.4) is 0 Å². The molecule has 2 amide bonds. The highest BCUT2D eigenvalue weighted by Gasteiger charge is 2.39. The molecule has 1 aliphatic heterocycles. The Kier molecular flexibility index (Phi) is 5.27. The zero-order chi connectivity index (χ0) is 22.2. The van der Waals surface area contributed by atoms with E-state index >= 15 is 0 Å². The third-order valence-electron chi connectivity index (χ3n) is 5.24. The number of aryl methyl sites for hydroxylation is 1. The molecule has 1 aliphatic rings. The summed E-state index contributed by atoms with van der Waals surface area (Å²) >= 11 is 0. The molecule has 4 rings (SSSR count). The third-order valence-corrected chi connectivity index (χ3v) is 5.24. The lowest BCUT2D eigenvalue weighted by Crippen LogP contribution is -2.39. The Morgan fingerprint density at radius 3 is 2.39 bits per heavy atom. The van der Waals surface area contributed by atoms with Gasteiger partial charge < -0.3 is 10.2 Å². The minimum absolute atomic E-state index is 0.377. The second kappa shape index (κ2) is 7.91. The van der Waals surface area contributed by atoms with Gasteiger partial charge in [-0.15, -0.1) is 0 Å². The summed E-state index contributed by atoms with van der Waals surface area (Å²) in [7, 11) is 0. The third kappa shape index (κ3) is 4.03. The van der Waals surface area contributed by atoms with E-state index in [1.807, 2.05) is 25.1 Å². The van der Waals surface area contributed by atoms with E-state index in [0.717, 1.165) is 17.7 Å². The second-order valence-electron chi connectivity index (χ2n) is 7.43. The fraction of sp³-hybridized carbons (Fsp3) is 0.167. The first-order chi connectivity index (χ1) is 14.8. The van der Waals surface area contributed by atoms with Gasteiger partial charge in [-0.1, -0.05) is 60.2 Å². The van der Waals surface area contributed by atoms with Gasteiger partial charge in [-0.2, -0.15) is 13.2 Å². The zero-order valence-corrected chi connectivity index (χ0v) is 16.6. The first-order valence-corrected chi connectivity index (χ1v) is 9.68. The highest BCUT2D eigenvalue weighted by atomic mass is 19.4. The van der Waals surface area contributed by atoms with E-state index < -0.39 is 35.2 Å². The quantitative estimate of drug-likeness (QED) is 0.615. The lowest BCUT2D eigenvalue weighted by molar-refractivity contribution is -0.138. The lowest BCUT2D eigenvalue weighted by atomic mass is 9.93. The molecular weight excluding hydrogens is 405 g/mol. The van der Waals surface area contributed by atoms with Crippen LogP contribution >= 0.6 is 0 Å². The number of nitrogens with zero attached hydrogens (tertiary/aromatic N) is 1. The molecule has 0 bridgehead atoms. The first kappa shape index (κ1) is 20.7. The van der Waals surface area contributed by atoms with Crippen LogP contribution in [0.25, 0.3) is 0 Å². The van der Waals surface area contributed by atoms with Crippen molar-refractivity contribution in [2.45, 2.75) is 19.1 Å². The number of benzene rings is 3. The number of rotatable bonds is 2. The van der Waals surface area contributed by atoms with Crippen molar-refractivity contribution in [1.82, 2.24) is 4.90 Å². The van der Waals surface area contributed by atoms with E-state index in [-0.39, 0.29) is 6.54 Å². The van der Waals surface area contributed by atoms with Gasteiger partial charge in [0.25, 0.3) is 5.91 Å². The summed E-state index contributed by atoms with van der Waals surface area (Å²) in [6.07, 6.45) is -4.70. The summed E-state index contributed by atoms with van der Waals surface area (Å²) in [5.41, 5.74) is 1.27. The monoisotopic (exact) mass is 424 g/mol. The molecule has 31 heavy (non-hydrogen) atoms. The number of carbonyl (C=O) groups is 2. The Labute approximate surface area is 177 Å². The standard InChI is InChI=1S/C24H19F3N2O2/c1-15-11-12-20-18(13-15)22(16-7-3-2-4-8-16)29(14-21(30)28-20)23(31)17-9-5-6-10-19(17)24(25,26)27/h2-13,22H,14H2,1H3,(H,28,30)/t22-/m0/s1. The molecule has 1 heterocycles. The first-order valence-electron chi connectivity index (χ1n) is 9.68. The van der Waals surface area contributed by atoms with E-state index in [4.69, 9.17) is 0 Å². The predicted molar refractivity (Wildman–Crippen MR) is 111 cm³/mol. The molecule has 158 valence electrons. The number of hydrogen-bond donors (Lipinski definition) is 1. The predicted octanol–water partition coefficient (Wildman–Crippen LogP) is 5.20. The van der Waals surface area contributed by atoms with E-state index in [2.05, 4.69) is 5.32 Å². The number of carbonyl (C=O) groups excluding carboxylic acids is 2. The fourth-order valence-electron chi connectivity index (χ4n) is 3.88. The number of amides is 2. The minimum atomic E-state index is -4.70. The van der Waals surface area contributed by atoms with Gasteiger partial charge in [0.1, 0.15) is 6.54 Å². The van der Waals surface area contributed by atoms with E-state index in [0.29, 0.717) is 16.8 Å². The van der Waals surface area contributed by atoms with Crippen LogP contribution in [0.4, 0.5) is 18.9 Å². The molecule has 0 unspecified atom stereocenters. The van der Waals surface area contributed by atoms with Crippen LogP contribution in [0.5, 0.6) is 0 Å². The van der Waals surface area contributed by atoms with Crippen molar-refractivity contribution >= 4 is 17.5 Å². The van der Waals surface area contributed by atoms with Crippen molar-refractivity contribution < 1.29 is 22.8 Å². The maximum atomic E-state index is 13.6. The van der Waals surface area contributed by atoms with Crippen molar-refractivity contribution in [3.05, 3.63) is 101 Å². The van der Waals surface area contributed by atoms with E-state index in [1.165, 1.54) is 17.0 Å². The summed E-state index contributed by atoms with van der Waals surface area (Å²) in [5, 5.41) is 2.78. The number of alkyl halides is 3. The summed E-state index contributed by atoms with van der Waals surface area (Å²) in [6.45, 7) is 1.50. The molecule has 4 nitrogen and oxygen atoms in total. The summed E-state index contributed by atoms with van der Waals surface area (Å²) in [6, 6.07) is 18.3. The van der Waals surface area contributed by atoms with Gasteiger partial charge in [0.2, 0.25) is 5.91 Å². The average molecular weight is 424 g/mol. The largest absolute Gasteiger partial charge is 0.417 e. The molecule has 3 aromatic carbocycles. The Morgan fingerprint density at radius 1 is 1.00 bits per heavy atom. The Bertz CT molecular complexity index is 1140. The van der Waals surface area contributed by atoms with E-state index in [9.17, 15) is 22.8 Å². The zero-order valence-electron chi connectivity index (χ0n) is 16.6. The van der Waals surface area contributed by atoms with E-state index in [1.54, 1.807) is 30.3 Å². The topological polar surface area (TPSA) is 49.4 Å². The smallest absolute Gasteiger partial charge is 0.324 e. The molecule has 1 atom stereocenters. The fourth-order valence-corrected chi connectivity index (χ4v) is 3.88. The number of hydrogen-bond acceptors (Lipinski definition) is 2. The van der Waals surface area contributed by atoms with Crippen molar-refractivity contribution in [2.75, 3.05) is 11.9 Å². The molecule has 0 spiro atoms. The summed E-state index contributed by atoms with van der Waals surface area (Å²) < 4.78 is 40.8. The van der Waals surface area contributed by atoms with Gasteiger partial charge in [-0.3, -0.25) is 9.59 Å². The Hall–Kier alpha value is -3.61. The number of halogens is 3. The van der Waals surface area contributed by atoms with Gasteiger partial charge >= 0.3 is 6.18 Å². The SMILES string of the molecule is Cc1ccc2c(c1)[C@H](c1ccccc1)N(C(=O)c1ccccc1C(F)(F)F)CC(=O)N2. The van der Waals surface area contributed by atoms with Gasteiger partial charge in [0.05, 0.1) is 17.2 Å². The highest BCUT2D eigenvalue weighted by Crippen LogP contribution is 2.39. The van der Waals surface area contributed by atoms with Gasteiger partial charge in [0, 0.05) is 11.3 Å². The van der Waals surface area contributed by atoms with Crippen molar-refractivity contribution in [2.24, 2.45) is 0 Å². The maximum absolute atomic E-state index is 13.6. The highest BCUT2D eigenvalue weighted by molar-refractivity contribution is 6.02. The van der Waals surface area contributed by atoms with Crippen LogP contribution in [-0.2, 0) is 11.0 Å². The van der Waals surface area contributed by atoms with Crippen LogP contribution in [0, 0.1) is 6.92 Å². The molecule has 0 aromatic heterocycles. The summed E-state index contributed by atoms with van der Waals surface area (Å²) in [5.74, 6) is -1.33. The molecule has 0 saturated carbocycles. The molecule has 0 fully saturated rings. The van der Waals surface area contributed by atoms with Crippen LogP contribution in [0.15, 0.2) is 72.8 Å². The van der Waals surface area contributed by atoms with Crippen LogP contribution in [0.2, 0.25) is 0 Å². The molecule has 3 aromatic rings. The number of nitrogens with one attached hydrogen (secondary N) is 1. The Morgan fingerprint density at radius 2 is 1.68 bits per heavy atom. The maximum Gasteiger partial charge on any atom is 0.417 e. The molecule has 0 saturated heterocycles.